The van der Waals surface area contributed by atoms with Gasteiger partial charge in [-0.25, -0.2) is 4.98 Å². The molecule has 0 saturated heterocycles. The van der Waals surface area contributed by atoms with Gasteiger partial charge in [0.15, 0.2) is 0 Å². The minimum Gasteiger partial charge on any atom is -0.356 e. The highest BCUT2D eigenvalue weighted by molar-refractivity contribution is 5.72. The Bertz CT molecular complexity index is 402. The third-order valence-corrected chi connectivity index (χ3v) is 2.03. The van der Waals surface area contributed by atoms with Crippen LogP contribution in [0.15, 0.2) is 18.3 Å². The number of amides is 1. The van der Waals surface area contributed by atoms with Gasteiger partial charge in [0, 0.05) is 25.2 Å². The summed E-state index contributed by atoms with van der Waals surface area (Å²) in [5.74, 6) is -0.469. The zero-order valence-electron chi connectivity index (χ0n) is 9.46. The highest BCUT2D eigenvalue weighted by atomic mass is 19.1. The number of nitrogens with zero attached hydrogens (tertiary/aromatic N) is 1. The molecule has 1 amide bonds. The smallest absolute Gasteiger partial charge is 0.216 e. The predicted octanol–water partition coefficient (Wildman–Crippen LogP) is 2.07. The normalized spacial score (nSPS) is 10.7. The molecule has 1 heterocycles. The zero-order valence-corrected chi connectivity index (χ0v) is 9.46. The Labute approximate surface area is 94.4 Å². The van der Waals surface area contributed by atoms with E-state index in [0.29, 0.717) is 12.1 Å². The molecule has 0 aliphatic rings. The third-order valence-electron chi connectivity index (χ3n) is 2.03. The average molecular weight is 222 g/mol. The van der Waals surface area contributed by atoms with Gasteiger partial charge in [0.05, 0.1) is 0 Å². The van der Waals surface area contributed by atoms with Gasteiger partial charge in [0.1, 0.15) is 0 Å². The quantitative estimate of drug-likeness (QED) is 0.626. The van der Waals surface area contributed by atoms with E-state index in [9.17, 15) is 9.18 Å². The molecule has 0 fully saturated rings. The first-order valence-electron chi connectivity index (χ1n) is 5.12. The van der Waals surface area contributed by atoms with Crippen LogP contribution in [0.2, 0.25) is 0 Å². The van der Waals surface area contributed by atoms with Crippen molar-refractivity contribution in [3.05, 3.63) is 35.4 Å². The Morgan fingerprint density at radius 2 is 2.38 bits per heavy atom. The first-order chi connectivity index (χ1) is 7.59. The van der Waals surface area contributed by atoms with Crippen LogP contribution in [0, 0.1) is 12.9 Å². The van der Waals surface area contributed by atoms with E-state index in [2.05, 4.69) is 10.3 Å². The molecule has 0 radical (unpaired) electrons. The number of aromatic nitrogens is 1. The van der Waals surface area contributed by atoms with E-state index < -0.39 is 5.95 Å². The maximum absolute atomic E-state index is 12.8. The fraction of sp³-hybridized carbons (Fsp3) is 0.333. The second-order valence-corrected chi connectivity index (χ2v) is 3.55. The van der Waals surface area contributed by atoms with Gasteiger partial charge >= 0.3 is 0 Å². The van der Waals surface area contributed by atoms with Gasteiger partial charge in [0.2, 0.25) is 11.9 Å². The lowest BCUT2D eigenvalue weighted by atomic mass is 10.2. The molecule has 0 unspecified atom stereocenters. The van der Waals surface area contributed by atoms with Crippen molar-refractivity contribution in [3.8, 4) is 0 Å². The number of rotatable bonds is 4. The van der Waals surface area contributed by atoms with E-state index in [1.54, 1.807) is 13.0 Å². The van der Waals surface area contributed by atoms with Gasteiger partial charge in [-0.2, -0.15) is 4.39 Å². The molecule has 4 heteroatoms. The van der Waals surface area contributed by atoms with E-state index in [4.69, 9.17) is 0 Å². The van der Waals surface area contributed by atoms with Gasteiger partial charge < -0.3 is 5.32 Å². The molecule has 0 aliphatic heterocycles. The predicted molar refractivity (Wildman–Crippen MR) is 61.3 cm³/mol. The number of pyridine rings is 1. The summed E-state index contributed by atoms with van der Waals surface area (Å²) in [6, 6.07) is 1.73. The first kappa shape index (κ1) is 12.4. The average Bonchev–Trinajstić information content (AvgIpc) is 2.22. The highest BCUT2D eigenvalue weighted by Crippen LogP contribution is 2.07. The Balaban J connectivity index is 2.44. The lowest BCUT2D eigenvalue weighted by molar-refractivity contribution is -0.118. The Kier molecular flexibility index (Phi) is 4.64. The van der Waals surface area contributed by atoms with Crippen LogP contribution in [0.5, 0.6) is 0 Å². The summed E-state index contributed by atoms with van der Waals surface area (Å²) in [6.07, 6.45) is 6.01. The fourth-order valence-corrected chi connectivity index (χ4v) is 1.22. The second-order valence-electron chi connectivity index (χ2n) is 3.55. The second kappa shape index (κ2) is 6.00. The maximum atomic E-state index is 12.8. The lowest BCUT2D eigenvalue weighted by Crippen LogP contribution is -2.20. The van der Waals surface area contributed by atoms with Gasteiger partial charge in [-0.1, -0.05) is 12.2 Å². The molecule has 16 heavy (non-hydrogen) atoms. The van der Waals surface area contributed by atoms with Gasteiger partial charge in [0.25, 0.3) is 0 Å². The van der Waals surface area contributed by atoms with Crippen LogP contribution in [0.25, 0.3) is 6.08 Å². The van der Waals surface area contributed by atoms with Crippen LogP contribution >= 0.6 is 0 Å². The topological polar surface area (TPSA) is 42.0 Å². The Morgan fingerprint density at radius 3 is 3.00 bits per heavy atom. The molecule has 0 saturated carbocycles. The lowest BCUT2D eigenvalue weighted by Gasteiger charge is -1.98. The molecule has 0 bridgehead atoms. The van der Waals surface area contributed by atoms with Crippen LogP contribution in [0.1, 0.15) is 24.5 Å². The van der Waals surface area contributed by atoms with Crippen LogP contribution in [-0.2, 0) is 4.79 Å². The van der Waals surface area contributed by atoms with Gasteiger partial charge in [-0.15, -0.1) is 0 Å². The standard InChI is InChI=1S/C12H15FN2O/c1-9-7-11(8-15-12(9)13)5-3-4-6-14-10(2)16/h3,5,7-8H,4,6H2,1-2H3,(H,14,16). The minimum atomic E-state index is -0.435. The molecular formula is C12H15FN2O. The fourth-order valence-electron chi connectivity index (χ4n) is 1.22. The SMILES string of the molecule is CC(=O)NCCC=Cc1cnc(F)c(C)c1. The van der Waals surface area contributed by atoms with E-state index in [-0.39, 0.29) is 5.91 Å². The zero-order chi connectivity index (χ0) is 12.0. The monoisotopic (exact) mass is 222 g/mol. The molecular weight excluding hydrogens is 207 g/mol. The molecule has 1 N–H and O–H groups in total. The molecule has 86 valence electrons. The Hall–Kier alpha value is -1.71. The Morgan fingerprint density at radius 1 is 1.62 bits per heavy atom. The van der Waals surface area contributed by atoms with Gasteiger partial charge in [-0.3, -0.25) is 4.79 Å². The largest absolute Gasteiger partial charge is 0.356 e. The molecule has 1 aromatic rings. The van der Waals surface area contributed by atoms with E-state index in [0.717, 1.165) is 12.0 Å². The van der Waals surface area contributed by atoms with Crippen molar-refractivity contribution in [2.75, 3.05) is 6.54 Å². The summed E-state index contributed by atoms with van der Waals surface area (Å²) in [5, 5.41) is 2.69. The van der Waals surface area contributed by atoms with E-state index in [1.807, 2.05) is 12.2 Å². The molecule has 0 aromatic carbocycles. The molecule has 3 nitrogen and oxygen atoms in total. The van der Waals surface area contributed by atoms with E-state index in [1.165, 1.54) is 13.1 Å². The van der Waals surface area contributed by atoms with Crippen LogP contribution in [-0.4, -0.2) is 17.4 Å². The van der Waals surface area contributed by atoms with Gasteiger partial charge in [-0.05, 0) is 25.0 Å². The van der Waals surface area contributed by atoms with Crippen molar-refractivity contribution in [3.63, 3.8) is 0 Å². The molecule has 0 aliphatic carbocycles. The number of hydrogen-bond donors (Lipinski definition) is 1. The van der Waals surface area contributed by atoms with Crippen molar-refractivity contribution in [1.29, 1.82) is 0 Å². The highest BCUT2D eigenvalue weighted by Gasteiger charge is 1.97. The number of hydrogen-bond acceptors (Lipinski definition) is 2. The number of nitrogens with one attached hydrogen (secondary N) is 1. The summed E-state index contributed by atoms with van der Waals surface area (Å²) in [7, 11) is 0. The summed E-state index contributed by atoms with van der Waals surface area (Å²) >= 11 is 0. The van der Waals surface area contributed by atoms with Crippen LogP contribution < -0.4 is 5.32 Å². The van der Waals surface area contributed by atoms with Crippen molar-refractivity contribution in [2.45, 2.75) is 20.3 Å². The summed E-state index contributed by atoms with van der Waals surface area (Å²) in [6.45, 7) is 3.77. The first-order valence-corrected chi connectivity index (χ1v) is 5.12. The van der Waals surface area contributed by atoms with Crippen LogP contribution in [0.3, 0.4) is 0 Å². The minimum absolute atomic E-state index is 0.0345. The van der Waals surface area contributed by atoms with Crippen molar-refractivity contribution in [2.24, 2.45) is 0 Å². The molecule has 1 rings (SSSR count). The third kappa shape index (κ3) is 4.21. The molecule has 0 spiro atoms. The van der Waals surface area contributed by atoms with Crippen molar-refractivity contribution in [1.82, 2.24) is 10.3 Å². The number of carbonyl (C=O) groups is 1. The summed E-state index contributed by atoms with van der Waals surface area (Å²) in [5.41, 5.74) is 1.39. The summed E-state index contributed by atoms with van der Waals surface area (Å²) in [4.78, 5) is 14.2. The molecule has 1 aromatic heterocycles. The molecule has 0 atom stereocenters. The van der Waals surface area contributed by atoms with Crippen molar-refractivity contribution >= 4 is 12.0 Å². The van der Waals surface area contributed by atoms with Crippen molar-refractivity contribution < 1.29 is 9.18 Å². The number of aryl methyl sites for hydroxylation is 1. The van der Waals surface area contributed by atoms with E-state index >= 15 is 0 Å². The van der Waals surface area contributed by atoms with Crippen LogP contribution in [0.4, 0.5) is 4.39 Å². The maximum Gasteiger partial charge on any atom is 0.216 e. The summed E-state index contributed by atoms with van der Waals surface area (Å²) < 4.78 is 12.8. The number of carbonyl (C=O) groups excluding carboxylic acids is 1. The number of halogens is 1.